The smallest absolute Gasteiger partial charge is 0.261 e. The Morgan fingerprint density at radius 2 is 1.75 bits per heavy atom. The molecule has 0 atom stereocenters. The molecular formula is C21H25ClN4O2. The van der Waals surface area contributed by atoms with E-state index in [-0.39, 0.29) is 30.3 Å². The van der Waals surface area contributed by atoms with Crippen molar-refractivity contribution >= 4 is 29.2 Å². The standard InChI is InChI=1S/C21H24N4O2.ClH/c22-12-15-24(13-10-17-6-2-1-3-7-17)20(26)11-14-25-16-23-19-9-5-4-8-18(19)21(25)27;/h1-9,16H,10-15,22H2;1H. The Morgan fingerprint density at radius 3 is 2.50 bits per heavy atom. The van der Waals surface area contributed by atoms with Crippen molar-refractivity contribution in [3.8, 4) is 0 Å². The number of nitrogens with zero attached hydrogens (tertiary/aromatic N) is 3. The van der Waals surface area contributed by atoms with Gasteiger partial charge in [-0.2, -0.15) is 0 Å². The highest BCUT2D eigenvalue weighted by molar-refractivity contribution is 5.85. The first-order valence-corrected chi connectivity index (χ1v) is 9.15. The van der Waals surface area contributed by atoms with Gasteiger partial charge in [-0.05, 0) is 24.1 Å². The van der Waals surface area contributed by atoms with Crippen LogP contribution in [0.3, 0.4) is 0 Å². The molecule has 0 fully saturated rings. The highest BCUT2D eigenvalue weighted by atomic mass is 35.5. The van der Waals surface area contributed by atoms with Gasteiger partial charge in [-0.25, -0.2) is 4.98 Å². The fraction of sp³-hybridized carbons (Fsp3) is 0.286. The zero-order valence-corrected chi connectivity index (χ0v) is 16.5. The van der Waals surface area contributed by atoms with Crippen LogP contribution in [-0.2, 0) is 17.8 Å². The predicted octanol–water partition coefficient (Wildman–Crippen LogP) is 2.24. The van der Waals surface area contributed by atoms with E-state index in [0.717, 1.165) is 6.42 Å². The summed E-state index contributed by atoms with van der Waals surface area (Å²) < 4.78 is 1.50. The van der Waals surface area contributed by atoms with Crippen molar-refractivity contribution in [3.63, 3.8) is 0 Å². The minimum atomic E-state index is -0.122. The normalized spacial score (nSPS) is 10.5. The highest BCUT2D eigenvalue weighted by Crippen LogP contribution is 2.06. The molecule has 1 heterocycles. The third-order valence-electron chi connectivity index (χ3n) is 4.56. The third kappa shape index (κ3) is 5.41. The molecule has 0 spiro atoms. The molecule has 6 nitrogen and oxygen atoms in total. The number of para-hydroxylation sites is 1. The quantitative estimate of drug-likeness (QED) is 0.628. The number of carbonyl (C=O) groups excluding carboxylic acids is 1. The Bertz CT molecular complexity index is 959. The summed E-state index contributed by atoms with van der Waals surface area (Å²) in [5, 5.41) is 0.565. The Balaban J connectivity index is 0.00000280. The lowest BCUT2D eigenvalue weighted by Gasteiger charge is -2.22. The predicted molar refractivity (Wildman–Crippen MR) is 114 cm³/mol. The van der Waals surface area contributed by atoms with Crippen molar-refractivity contribution in [3.05, 3.63) is 76.8 Å². The number of aromatic nitrogens is 2. The number of rotatable bonds is 8. The van der Waals surface area contributed by atoms with Crippen molar-refractivity contribution in [2.75, 3.05) is 19.6 Å². The zero-order valence-electron chi connectivity index (χ0n) is 15.7. The van der Waals surface area contributed by atoms with Crippen molar-refractivity contribution in [2.24, 2.45) is 5.73 Å². The van der Waals surface area contributed by atoms with E-state index in [4.69, 9.17) is 5.73 Å². The van der Waals surface area contributed by atoms with Gasteiger partial charge in [0.15, 0.2) is 0 Å². The van der Waals surface area contributed by atoms with Crippen molar-refractivity contribution in [1.82, 2.24) is 14.5 Å². The topological polar surface area (TPSA) is 81.2 Å². The van der Waals surface area contributed by atoms with Crippen molar-refractivity contribution in [1.29, 1.82) is 0 Å². The van der Waals surface area contributed by atoms with Gasteiger partial charge in [-0.15, -0.1) is 12.4 Å². The summed E-state index contributed by atoms with van der Waals surface area (Å²) in [5.74, 6) is -0.00330. The summed E-state index contributed by atoms with van der Waals surface area (Å²) in [6, 6.07) is 17.3. The van der Waals surface area contributed by atoms with Crippen LogP contribution in [0, 0.1) is 0 Å². The van der Waals surface area contributed by atoms with Crippen LogP contribution >= 0.6 is 12.4 Å². The van der Waals surface area contributed by atoms with Gasteiger partial charge in [0, 0.05) is 32.6 Å². The maximum atomic E-state index is 12.6. The number of nitrogens with two attached hydrogens (primary N) is 1. The fourth-order valence-corrected chi connectivity index (χ4v) is 3.07. The van der Waals surface area contributed by atoms with Crippen LogP contribution in [-0.4, -0.2) is 40.0 Å². The van der Waals surface area contributed by atoms with Crippen LogP contribution in [0.5, 0.6) is 0 Å². The number of amides is 1. The summed E-state index contributed by atoms with van der Waals surface area (Å²) in [7, 11) is 0. The molecule has 0 aliphatic heterocycles. The summed E-state index contributed by atoms with van der Waals surface area (Å²) in [4.78, 5) is 31.2. The SMILES string of the molecule is Cl.NCCN(CCc1ccccc1)C(=O)CCn1cnc2ccccc2c1=O. The van der Waals surface area contributed by atoms with E-state index in [1.165, 1.54) is 16.5 Å². The first kappa shape index (κ1) is 21.6. The van der Waals surface area contributed by atoms with E-state index in [0.29, 0.717) is 37.1 Å². The maximum Gasteiger partial charge on any atom is 0.261 e. The highest BCUT2D eigenvalue weighted by Gasteiger charge is 2.13. The lowest BCUT2D eigenvalue weighted by atomic mass is 10.1. The minimum Gasteiger partial charge on any atom is -0.341 e. The molecule has 0 radical (unpaired) electrons. The Labute approximate surface area is 170 Å². The molecule has 0 aliphatic carbocycles. The number of carbonyl (C=O) groups is 1. The average molecular weight is 401 g/mol. The molecule has 28 heavy (non-hydrogen) atoms. The molecule has 0 aliphatic rings. The van der Waals surface area contributed by atoms with Gasteiger partial charge in [0.2, 0.25) is 5.91 Å². The number of hydrogen-bond acceptors (Lipinski definition) is 4. The summed E-state index contributed by atoms with van der Waals surface area (Å²) >= 11 is 0. The zero-order chi connectivity index (χ0) is 19.1. The van der Waals surface area contributed by atoms with Crippen molar-refractivity contribution < 1.29 is 4.79 Å². The third-order valence-corrected chi connectivity index (χ3v) is 4.56. The average Bonchev–Trinajstić information content (AvgIpc) is 2.71. The molecule has 0 saturated heterocycles. The molecule has 1 amide bonds. The van der Waals surface area contributed by atoms with Crippen LogP contribution in [0.15, 0.2) is 65.7 Å². The lowest BCUT2D eigenvalue weighted by Crippen LogP contribution is -2.37. The van der Waals surface area contributed by atoms with E-state index in [1.54, 1.807) is 17.0 Å². The summed E-state index contributed by atoms with van der Waals surface area (Å²) in [6.45, 7) is 1.85. The second kappa shape index (κ2) is 10.6. The molecule has 0 saturated carbocycles. The number of hydrogen-bond donors (Lipinski definition) is 1. The molecule has 3 rings (SSSR count). The monoisotopic (exact) mass is 400 g/mol. The Kier molecular flexibility index (Phi) is 8.17. The molecule has 1 aromatic heterocycles. The van der Waals surface area contributed by atoms with E-state index in [9.17, 15) is 9.59 Å². The molecule has 3 aromatic rings. The molecule has 0 bridgehead atoms. The Hall–Kier alpha value is -2.70. The van der Waals surface area contributed by atoms with Crippen molar-refractivity contribution in [2.45, 2.75) is 19.4 Å². The number of halogens is 1. The number of benzene rings is 2. The lowest BCUT2D eigenvalue weighted by molar-refractivity contribution is -0.131. The van der Waals surface area contributed by atoms with Crippen LogP contribution in [0.1, 0.15) is 12.0 Å². The fourth-order valence-electron chi connectivity index (χ4n) is 3.07. The van der Waals surface area contributed by atoms with Gasteiger partial charge < -0.3 is 10.6 Å². The van der Waals surface area contributed by atoms with Gasteiger partial charge in [0.25, 0.3) is 5.56 Å². The molecular weight excluding hydrogens is 376 g/mol. The number of aryl methyl sites for hydroxylation is 1. The first-order valence-electron chi connectivity index (χ1n) is 9.15. The van der Waals surface area contributed by atoms with Crippen LogP contribution in [0.25, 0.3) is 10.9 Å². The van der Waals surface area contributed by atoms with E-state index >= 15 is 0 Å². The van der Waals surface area contributed by atoms with Gasteiger partial charge in [0.1, 0.15) is 0 Å². The first-order chi connectivity index (χ1) is 13.2. The summed E-state index contributed by atoms with van der Waals surface area (Å²) in [6.07, 6.45) is 2.54. The molecule has 2 aromatic carbocycles. The molecule has 2 N–H and O–H groups in total. The van der Waals surface area contributed by atoms with Gasteiger partial charge in [0.05, 0.1) is 17.2 Å². The molecule has 148 valence electrons. The second-order valence-corrected chi connectivity index (χ2v) is 6.42. The van der Waals surface area contributed by atoms with E-state index in [1.807, 2.05) is 42.5 Å². The summed E-state index contributed by atoms with van der Waals surface area (Å²) in [5.41, 5.74) is 7.40. The molecule has 0 unspecified atom stereocenters. The Morgan fingerprint density at radius 1 is 1.04 bits per heavy atom. The largest absolute Gasteiger partial charge is 0.341 e. The van der Waals surface area contributed by atoms with Crippen LogP contribution in [0.4, 0.5) is 0 Å². The maximum absolute atomic E-state index is 12.6. The molecule has 7 heteroatoms. The van der Waals surface area contributed by atoms with Gasteiger partial charge >= 0.3 is 0 Å². The van der Waals surface area contributed by atoms with E-state index in [2.05, 4.69) is 4.98 Å². The van der Waals surface area contributed by atoms with Gasteiger partial charge in [-0.1, -0.05) is 42.5 Å². The minimum absolute atomic E-state index is 0. The number of fused-ring (bicyclic) bond motifs is 1. The van der Waals surface area contributed by atoms with Crippen LogP contribution < -0.4 is 11.3 Å². The van der Waals surface area contributed by atoms with Gasteiger partial charge in [-0.3, -0.25) is 14.2 Å². The second-order valence-electron chi connectivity index (χ2n) is 6.42. The van der Waals surface area contributed by atoms with Crippen LogP contribution in [0.2, 0.25) is 0 Å². The van der Waals surface area contributed by atoms with E-state index < -0.39 is 0 Å².